The Balaban J connectivity index is 2.43. The van der Waals surface area contributed by atoms with Gasteiger partial charge < -0.3 is 16.0 Å². The fraction of sp³-hybridized carbons (Fsp3) is 0.143. The fourth-order valence-electron chi connectivity index (χ4n) is 1.80. The average molecular weight is 295 g/mol. The maximum Gasteiger partial charge on any atom is 0.182 e. The lowest BCUT2D eigenvalue weighted by Gasteiger charge is -2.13. The van der Waals surface area contributed by atoms with Gasteiger partial charge in [0.2, 0.25) is 0 Å². The summed E-state index contributed by atoms with van der Waals surface area (Å²) >= 11 is 4.57. The van der Waals surface area contributed by atoms with Crippen molar-refractivity contribution in [1.82, 2.24) is 0 Å². The summed E-state index contributed by atoms with van der Waals surface area (Å²) in [5.41, 5.74) is 13.9. The second-order valence-corrected chi connectivity index (χ2v) is 6.05. The average Bonchev–Trinajstić information content (AvgIpc) is 2.41. The van der Waals surface area contributed by atoms with E-state index in [0.29, 0.717) is 26.2 Å². The van der Waals surface area contributed by atoms with Gasteiger partial charge in [0.05, 0.1) is 5.69 Å². The second-order valence-electron chi connectivity index (χ2n) is 4.17. The molecule has 0 radical (unpaired) electrons. The SMILES string of the molecule is CCc1cc([S+]([O-])c2cc(Cl)ccc2N)ccc1N. The zero-order valence-electron chi connectivity index (χ0n) is 10.5. The Labute approximate surface area is 120 Å². The van der Waals surface area contributed by atoms with E-state index >= 15 is 0 Å². The van der Waals surface area contributed by atoms with Crippen molar-refractivity contribution in [2.45, 2.75) is 23.1 Å². The molecular formula is C14H15ClN2OS. The molecule has 0 saturated heterocycles. The molecule has 0 saturated carbocycles. The minimum atomic E-state index is -1.35. The highest BCUT2D eigenvalue weighted by molar-refractivity contribution is 7.91. The van der Waals surface area contributed by atoms with Gasteiger partial charge in [-0.1, -0.05) is 18.5 Å². The molecule has 2 aromatic rings. The summed E-state index contributed by atoms with van der Waals surface area (Å²) in [5, 5.41) is 0.517. The Morgan fingerprint density at radius 2 is 1.79 bits per heavy atom. The molecule has 3 nitrogen and oxygen atoms in total. The van der Waals surface area contributed by atoms with E-state index in [1.54, 1.807) is 30.3 Å². The van der Waals surface area contributed by atoms with Crippen molar-refractivity contribution in [2.24, 2.45) is 0 Å². The lowest BCUT2D eigenvalue weighted by atomic mass is 10.1. The number of rotatable bonds is 3. The Morgan fingerprint density at radius 3 is 2.47 bits per heavy atom. The van der Waals surface area contributed by atoms with E-state index in [9.17, 15) is 4.55 Å². The van der Waals surface area contributed by atoms with Gasteiger partial charge in [-0.15, -0.1) is 0 Å². The minimum Gasteiger partial charge on any atom is -0.606 e. The molecular weight excluding hydrogens is 280 g/mol. The standard InChI is InChI=1S/C14H15ClN2OS/c1-2-9-7-11(4-6-12(9)16)19(18)14-8-10(15)3-5-13(14)17/h3-8H,2,16-17H2,1H3. The molecule has 4 N–H and O–H groups in total. The minimum absolute atomic E-state index is 0.470. The van der Waals surface area contributed by atoms with Crippen LogP contribution < -0.4 is 11.5 Å². The number of benzene rings is 2. The van der Waals surface area contributed by atoms with Crippen molar-refractivity contribution < 1.29 is 4.55 Å². The third-order valence-electron chi connectivity index (χ3n) is 2.88. The molecule has 0 fully saturated rings. The van der Waals surface area contributed by atoms with Crippen molar-refractivity contribution in [3.8, 4) is 0 Å². The molecule has 1 atom stereocenters. The summed E-state index contributed by atoms with van der Waals surface area (Å²) in [5.74, 6) is 0. The summed E-state index contributed by atoms with van der Waals surface area (Å²) in [6.45, 7) is 2.01. The number of hydrogen-bond donors (Lipinski definition) is 2. The van der Waals surface area contributed by atoms with Gasteiger partial charge >= 0.3 is 0 Å². The first-order chi connectivity index (χ1) is 9.02. The molecule has 2 rings (SSSR count). The molecule has 2 aromatic carbocycles. The molecule has 0 aliphatic carbocycles. The normalized spacial score (nSPS) is 12.4. The molecule has 0 aliphatic rings. The lowest BCUT2D eigenvalue weighted by molar-refractivity contribution is 0.595. The van der Waals surface area contributed by atoms with Crippen molar-refractivity contribution >= 4 is 34.2 Å². The topological polar surface area (TPSA) is 75.1 Å². The first-order valence-electron chi connectivity index (χ1n) is 5.88. The number of aryl methyl sites for hydroxylation is 1. The molecule has 0 spiro atoms. The van der Waals surface area contributed by atoms with Crippen molar-refractivity contribution in [2.75, 3.05) is 11.5 Å². The van der Waals surface area contributed by atoms with E-state index < -0.39 is 11.2 Å². The van der Waals surface area contributed by atoms with E-state index in [2.05, 4.69) is 0 Å². The lowest BCUT2D eigenvalue weighted by Crippen LogP contribution is -2.07. The number of nitrogens with two attached hydrogens (primary N) is 2. The van der Waals surface area contributed by atoms with Crippen LogP contribution in [-0.4, -0.2) is 4.55 Å². The monoisotopic (exact) mass is 294 g/mol. The predicted octanol–water partition coefficient (Wildman–Crippen LogP) is 3.23. The van der Waals surface area contributed by atoms with Crippen LogP contribution in [0.4, 0.5) is 11.4 Å². The summed E-state index contributed by atoms with van der Waals surface area (Å²) in [6.07, 6.45) is 0.794. The molecule has 0 aromatic heterocycles. The maximum atomic E-state index is 12.5. The van der Waals surface area contributed by atoms with Gasteiger partial charge in [-0.3, -0.25) is 0 Å². The van der Waals surface area contributed by atoms with Gasteiger partial charge in [-0.05, 0) is 42.3 Å². The first kappa shape index (κ1) is 14.1. The van der Waals surface area contributed by atoms with Crippen molar-refractivity contribution in [3.05, 3.63) is 47.0 Å². The van der Waals surface area contributed by atoms with E-state index in [0.717, 1.165) is 12.0 Å². The predicted molar refractivity (Wildman–Crippen MR) is 80.8 cm³/mol. The molecule has 0 heterocycles. The van der Waals surface area contributed by atoms with Crippen LogP contribution in [0.1, 0.15) is 12.5 Å². The van der Waals surface area contributed by atoms with Crippen LogP contribution in [0.2, 0.25) is 5.02 Å². The largest absolute Gasteiger partial charge is 0.606 e. The molecule has 1 unspecified atom stereocenters. The zero-order valence-corrected chi connectivity index (χ0v) is 12.1. The second kappa shape index (κ2) is 5.74. The van der Waals surface area contributed by atoms with Crippen LogP contribution in [-0.2, 0) is 17.6 Å². The Bertz CT molecular complexity index is 604. The number of hydrogen-bond acceptors (Lipinski definition) is 3. The van der Waals surface area contributed by atoms with Crippen LogP contribution in [0.25, 0.3) is 0 Å². The highest BCUT2D eigenvalue weighted by atomic mass is 35.5. The van der Waals surface area contributed by atoms with Crippen LogP contribution in [0.15, 0.2) is 46.2 Å². The van der Waals surface area contributed by atoms with Crippen LogP contribution >= 0.6 is 11.6 Å². The zero-order chi connectivity index (χ0) is 14.0. The van der Waals surface area contributed by atoms with Crippen LogP contribution in [0, 0.1) is 0 Å². The van der Waals surface area contributed by atoms with E-state index in [1.807, 2.05) is 13.0 Å². The van der Waals surface area contributed by atoms with Gasteiger partial charge in [0.1, 0.15) is 0 Å². The van der Waals surface area contributed by atoms with Gasteiger partial charge in [-0.2, -0.15) is 0 Å². The highest BCUT2D eigenvalue weighted by Gasteiger charge is 2.19. The van der Waals surface area contributed by atoms with Crippen molar-refractivity contribution in [1.29, 1.82) is 0 Å². The van der Waals surface area contributed by atoms with E-state index in [-0.39, 0.29) is 0 Å². The molecule has 0 bridgehead atoms. The quantitative estimate of drug-likeness (QED) is 0.674. The van der Waals surface area contributed by atoms with Gasteiger partial charge in [0.25, 0.3) is 0 Å². The summed E-state index contributed by atoms with van der Waals surface area (Å²) in [4.78, 5) is 1.21. The molecule has 100 valence electrons. The Kier molecular flexibility index (Phi) is 4.24. The third-order valence-corrected chi connectivity index (χ3v) is 4.55. The first-order valence-corrected chi connectivity index (χ1v) is 7.41. The van der Waals surface area contributed by atoms with Gasteiger partial charge in [-0.25, -0.2) is 0 Å². The van der Waals surface area contributed by atoms with Gasteiger partial charge in [0, 0.05) is 28.0 Å². The van der Waals surface area contributed by atoms with Crippen molar-refractivity contribution in [3.63, 3.8) is 0 Å². The summed E-state index contributed by atoms with van der Waals surface area (Å²) < 4.78 is 12.5. The fourth-order valence-corrected chi connectivity index (χ4v) is 3.25. The number of halogens is 1. The number of anilines is 2. The van der Waals surface area contributed by atoms with E-state index in [4.69, 9.17) is 23.1 Å². The number of nitrogen functional groups attached to an aromatic ring is 2. The molecule has 0 amide bonds. The maximum absolute atomic E-state index is 12.5. The summed E-state index contributed by atoms with van der Waals surface area (Å²) in [6, 6.07) is 10.4. The van der Waals surface area contributed by atoms with Gasteiger partial charge in [0.15, 0.2) is 9.79 Å². The Morgan fingerprint density at radius 1 is 1.11 bits per heavy atom. The smallest absolute Gasteiger partial charge is 0.182 e. The molecule has 5 heteroatoms. The van der Waals surface area contributed by atoms with E-state index in [1.165, 1.54) is 0 Å². The molecule has 19 heavy (non-hydrogen) atoms. The van der Waals surface area contributed by atoms with Crippen LogP contribution in [0.3, 0.4) is 0 Å². The third kappa shape index (κ3) is 2.97. The highest BCUT2D eigenvalue weighted by Crippen LogP contribution is 2.30. The van der Waals surface area contributed by atoms with Crippen LogP contribution in [0.5, 0.6) is 0 Å². The summed E-state index contributed by atoms with van der Waals surface area (Å²) in [7, 11) is 0. The Hall–Kier alpha value is -1.36. The molecule has 0 aliphatic heterocycles.